The molecule has 0 radical (unpaired) electrons. The average molecular weight is 398 g/mol. The molecule has 9 heteroatoms. The van der Waals surface area contributed by atoms with Crippen molar-refractivity contribution in [3.05, 3.63) is 66.2 Å². The Morgan fingerprint density at radius 1 is 0.897 bits per heavy atom. The van der Waals surface area contributed by atoms with Gasteiger partial charge in [0.25, 0.3) is 5.91 Å². The molecule has 9 nitrogen and oxygen atoms in total. The number of carboxylic acids is 1. The van der Waals surface area contributed by atoms with Gasteiger partial charge in [0.1, 0.15) is 5.75 Å². The molecule has 0 fully saturated rings. The third-order valence-corrected chi connectivity index (χ3v) is 3.47. The summed E-state index contributed by atoms with van der Waals surface area (Å²) >= 11 is 0. The Morgan fingerprint density at radius 3 is 2.07 bits per heavy atom. The van der Waals surface area contributed by atoms with Crippen molar-refractivity contribution < 1.29 is 33.8 Å². The Balaban J connectivity index is 1.83. The lowest BCUT2D eigenvalue weighted by atomic mass is 10.2. The van der Waals surface area contributed by atoms with Crippen LogP contribution in [0.1, 0.15) is 10.4 Å². The molecular weight excluding hydrogens is 380 g/mol. The summed E-state index contributed by atoms with van der Waals surface area (Å²) in [6.07, 6.45) is 1.57. The molecule has 0 spiro atoms. The summed E-state index contributed by atoms with van der Waals surface area (Å²) in [5.74, 6) is -2.43. The fourth-order valence-electron chi connectivity index (χ4n) is 2.11. The predicted octanol–water partition coefficient (Wildman–Crippen LogP) is 2.07. The van der Waals surface area contributed by atoms with E-state index in [0.717, 1.165) is 6.08 Å². The molecule has 0 heterocycles. The standard InChI is InChI=1S/C20H18N2O7/c1-28-16-8-6-15(7-9-16)22-18(24)12-29-20(27)13-2-4-14(5-3-13)21-17(23)10-11-19(25)26/h2-11H,12H2,1H3,(H,21,23)(H,22,24)(H,25,26)/b11-10+. The summed E-state index contributed by atoms with van der Waals surface area (Å²) in [6, 6.07) is 12.4. The van der Waals surface area contributed by atoms with Gasteiger partial charge in [-0.05, 0) is 48.5 Å². The number of ether oxygens (including phenoxy) is 2. The first-order chi connectivity index (χ1) is 13.9. The number of carbonyl (C=O) groups excluding carboxylic acids is 3. The smallest absolute Gasteiger partial charge is 0.338 e. The zero-order chi connectivity index (χ0) is 21.2. The molecule has 0 unspecified atom stereocenters. The summed E-state index contributed by atoms with van der Waals surface area (Å²) in [5.41, 5.74) is 1.07. The van der Waals surface area contributed by atoms with Crippen LogP contribution in [0.15, 0.2) is 60.7 Å². The van der Waals surface area contributed by atoms with Crippen molar-refractivity contribution in [2.45, 2.75) is 0 Å². The van der Waals surface area contributed by atoms with E-state index < -0.39 is 30.4 Å². The second kappa shape index (κ2) is 10.3. The third-order valence-electron chi connectivity index (χ3n) is 3.47. The molecule has 0 aromatic heterocycles. The van der Waals surface area contributed by atoms with Gasteiger partial charge < -0.3 is 25.2 Å². The number of methoxy groups -OCH3 is 1. The topological polar surface area (TPSA) is 131 Å². The molecule has 2 amide bonds. The highest BCUT2D eigenvalue weighted by Gasteiger charge is 2.11. The van der Waals surface area contributed by atoms with Gasteiger partial charge in [-0.25, -0.2) is 9.59 Å². The zero-order valence-corrected chi connectivity index (χ0v) is 15.4. The van der Waals surface area contributed by atoms with Crippen LogP contribution in [0.3, 0.4) is 0 Å². The van der Waals surface area contributed by atoms with Gasteiger partial charge in [0.15, 0.2) is 6.61 Å². The van der Waals surface area contributed by atoms with Crippen molar-refractivity contribution >= 4 is 35.1 Å². The van der Waals surface area contributed by atoms with Crippen LogP contribution in [0.25, 0.3) is 0 Å². The first-order valence-electron chi connectivity index (χ1n) is 8.30. The molecule has 3 N–H and O–H groups in total. The first kappa shape index (κ1) is 21.2. The van der Waals surface area contributed by atoms with E-state index in [4.69, 9.17) is 14.6 Å². The molecule has 0 aliphatic heterocycles. The minimum absolute atomic E-state index is 0.182. The van der Waals surface area contributed by atoms with Crippen molar-refractivity contribution in [1.82, 2.24) is 0 Å². The van der Waals surface area contributed by atoms with Crippen LogP contribution >= 0.6 is 0 Å². The Morgan fingerprint density at radius 2 is 1.48 bits per heavy atom. The molecular formula is C20H18N2O7. The molecule has 0 atom stereocenters. The van der Waals surface area contributed by atoms with E-state index in [1.807, 2.05) is 0 Å². The summed E-state index contributed by atoms with van der Waals surface area (Å²) in [7, 11) is 1.53. The van der Waals surface area contributed by atoms with E-state index in [0.29, 0.717) is 23.2 Å². The number of hydrogen-bond acceptors (Lipinski definition) is 6. The van der Waals surface area contributed by atoms with Crippen LogP contribution < -0.4 is 15.4 Å². The van der Waals surface area contributed by atoms with Gasteiger partial charge in [-0.2, -0.15) is 0 Å². The van der Waals surface area contributed by atoms with Gasteiger partial charge in [0.05, 0.1) is 12.7 Å². The summed E-state index contributed by atoms with van der Waals surface area (Å²) < 4.78 is 9.97. The number of carboxylic acid groups (broad SMARTS) is 1. The molecule has 0 aliphatic rings. The van der Waals surface area contributed by atoms with Crippen LogP contribution in [0.4, 0.5) is 11.4 Å². The lowest BCUT2D eigenvalue weighted by Crippen LogP contribution is -2.20. The summed E-state index contributed by atoms with van der Waals surface area (Å²) in [5, 5.41) is 13.5. The summed E-state index contributed by atoms with van der Waals surface area (Å²) in [4.78, 5) is 45.7. The number of anilines is 2. The molecule has 0 bridgehead atoms. The highest BCUT2D eigenvalue weighted by molar-refractivity contribution is 6.02. The third kappa shape index (κ3) is 7.18. The molecule has 0 saturated carbocycles. The molecule has 0 aliphatic carbocycles. The van der Waals surface area contributed by atoms with Crippen molar-refractivity contribution in [3.8, 4) is 5.75 Å². The molecule has 150 valence electrons. The van der Waals surface area contributed by atoms with Gasteiger partial charge in [-0.1, -0.05) is 0 Å². The van der Waals surface area contributed by atoms with E-state index in [9.17, 15) is 19.2 Å². The number of hydrogen-bond donors (Lipinski definition) is 3. The second-order valence-electron chi connectivity index (χ2n) is 5.59. The van der Waals surface area contributed by atoms with Crippen LogP contribution in [0.5, 0.6) is 5.75 Å². The largest absolute Gasteiger partial charge is 0.497 e. The van der Waals surface area contributed by atoms with Gasteiger partial charge in [-0.3, -0.25) is 9.59 Å². The molecule has 2 aromatic rings. The number of rotatable bonds is 8. The Hall–Kier alpha value is -4.14. The van der Waals surface area contributed by atoms with E-state index in [1.165, 1.54) is 31.4 Å². The minimum Gasteiger partial charge on any atom is -0.497 e. The Labute approximate surface area is 165 Å². The second-order valence-corrected chi connectivity index (χ2v) is 5.59. The average Bonchev–Trinajstić information content (AvgIpc) is 2.71. The normalized spacial score (nSPS) is 10.2. The monoisotopic (exact) mass is 398 g/mol. The fourth-order valence-corrected chi connectivity index (χ4v) is 2.11. The van der Waals surface area contributed by atoms with E-state index in [1.54, 1.807) is 24.3 Å². The number of nitrogens with one attached hydrogen (secondary N) is 2. The lowest BCUT2D eigenvalue weighted by molar-refractivity contribution is -0.131. The van der Waals surface area contributed by atoms with Crippen molar-refractivity contribution in [2.75, 3.05) is 24.4 Å². The maximum Gasteiger partial charge on any atom is 0.338 e. The van der Waals surface area contributed by atoms with Gasteiger partial charge in [-0.15, -0.1) is 0 Å². The van der Waals surface area contributed by atoms with Crippen molar-refractivity contribution in [1.29, 1.82) is 0 Å². The van der Waals surface area contributed by atoms with Crippen molar-refractivity contribution in [2.24, 2.45) is 0 Å². The molecule has 0 saturated heterocycles. The lowest BCUT2D eigenvalue weighted by Gasteiger charge is -2.08. The highest BCUT2D eigenvalue weighted by Crippen LogP contribution is 2.15. The molecule has 2 aromatic carbocycles. The predicted molar refractivity (Wildman–Crippen MR) is 104 cm³/mol. The Kier molecular flexibility index (Phi) is 7.49. The van der Waals surface area contributed by atoms with E-state index in [-0.39, 0.29) is 5.56 Å². The van der Waals surface area contributed by atoms with Gasteiger partial charge in [0.2, 0.25) is 5.91 Å². The number of aliphatic carboxylic acids is 1. The maximum absolute atomic E-state index is 12.0. The molecule has 2 rings (SSSR count). The Bertz CT molecular complexity index is 919. The SMILES string of the molecule is COc1ccc(NC(=O)COC(=O)c2ccc(NC(=O)/C=C/C(=O)O)cc2)cc1. The van der Waals surface area contributed by atoms with Gasteiger partial charge in [0, 0.05) is 23.5 Å². The van der Waals surface area contributed by atoms with Crippen LogP contribution in [-0.4, -0.2) is 42.6 Å². The minimum atomic E-state index is -1.24. The summed E-state index contributed by atoms with van der Waals surface area (Å²) in [6.45, 7) is -0.469. The molecule has 29 heavy (non-hydrogen) atoms. The number of benzene rings is 2. The van der Waals surface area contributed by atoms with E-state index >= 15 is 0 Å². The maximum atomic E-state index is 12.0. The van der Waals surface area contributed by atoms with Gasteiger partial charge >= 0.3 is 11.9 Å². The number of amides is 2. The van der Waals surface area contributed by atoms with Crippen LogP contribution in [0, 0.1) is 0 Å². The fraction of sp³-hybridized carbons (Fsp3) is 0.100. The van der Waals surface area contributed by atoms with E-state index in [2.05, 4.69) is 10.6 Å². The first-order valence-corrected chi connectivity index (χ1v) is 8.30. The van der Waals surface area contributed by atoms with Crippen LogP contribution in [-0.2, 0) is 19.1 Å². The zero-order valence-electron chi connectivity index (χ0n) is 15.4. The number of carbonyl (C=O) groups is 4. The van der Waals surface area contributed by atoms with Crippen molar-refractivity contribution in [3.63, 3.8) is 0 Å². The quantitative estimate of drug-likeness (QED) is 0.458. The highest BCUT2D eigenvalue weighted by atomic mass is 16.5. The van der Waals surface area contributed by atoms with Crippen LogP contribution in [0.2, 0.25) is 0 Å². The number of esters is 1.